The Balaban J connectivity index is 2.29. The molecule has 0 N–H and O–H groups in total. The number of hydrogen-bond donors (Lipinski definition) is 0. The van der Waals surface area contributed by atoms with Gasteiger partial charge in [-0.2, -0.15) is 0 Å². The second-order valence-electron chi connectivity index (χ2n) is 3.53. The molecule has 72 valence electrons. The van der Waals surface area contributed by atoms with Crippen molar-refractivity contribution in [2.45, 2.75) is 0 Å². The van der Waals surface area contributed by atoms with E-state index in [-0.39, 0.29) is 0 Å². The Bertz CT molecular complexity index is 584. The maximum atomic E-state index is 10.9. The van der Waals surface area contributed by atoms with Gasteiger partial charge in [-0.05, 0) is 28.9 Å². The lowest BCUT2D eigenvalue weighted by Gasteiger charge is -2.08. The zero-order chi connectivity index (χ0) is 10.3. The van der Waals surface area contributed by atoms with Crippen LogP contribution in [0.25, 0.3) is 11.6 Å². The number of rotatable bonds is 0. The Labute approximate surface area is 91.5 Å². The van der Waals surface area contributed by atoms with Gasteiger partial charge in [-0.15, -0.1) is 0 Å². The zero-order valence-electron chi connectivity index (χ0n) is 7.94. The average Bonchev–Trinajstić information content (AvgIpc) is 2.67. The van der Waals surface area contributed by atoms with Crippen molar-refractivity contribution in [3.63, 3.8) is 0 Å². The highest BCUT2D eigenvalue weighted by Crippen LogP contribution is 2.37. The molecule has 0 fully saturated rings. The Morgan fingerprint density at radius 3 is 2.80 bits per heavy atom. The van der Waals surface area contributed by atoms with Crippen molar-refractivity contribution in [2.75, 3.05) is 0 Å². The van der Waals surface area contributed by atoms with Crippen LogP contribution in [0.1, 0.15) is 11.1 Å². The lowest BCUT2D eigenvalue weighted by Crippen LogP contribution is -2.01. The van der Waals surface area contributed by atoms with Crippen molar-refractivity contribution in [3.8, 4) is 0 Å². The largest absolute Gasteiger partial charge is 0.212 e. The summed E-state index contributed by atoms with van der Waals surface area (Å²) in [5.74, 6) is 0. The Morgan fingerprint density at radius 2 is 1.93 bits per heavy atom. The smallest absolute Gasteiger partial charge is 0.0971 e. The van der Waals surface area contributed by atoms with Crippen molar-refractivity contribution in [1.29, 1.82) is 0 Å². The van der Waals surface area contributed by atoms with E-state index < -0.39 is 0 Å². The third-order valence-electron chi connectivity index (χ3n) is 2.71. The Morgan fingerprint density at radius 1 is 1.07 bits per heavy atom. The molecule has 2 aliphatic carbocycles. The molecule has 2 heteroatoms. The molecule has 0 saturated carbocycles. The Kier molecular flexibility index (Phi) is 1.82. The quantitative estimate of drug-likeness (QED) is 0.604. The van der Waals surface area contributed by atoms with E-state index in [1.54, 1.807) is 0 Å². The summed E-state index contributed by atoms with van der Waals surface area (Å²) in [6, 6.07) is 8.22. The molecule has 0 saturated heterocycles. The van der Waals surface area contributed by atoms with Crippen LogP contribution < -0.4 is 0 Å². The van der Waals surface area contributed by atoms with Crippen molar-refractivity contribution in [3.05, 3.63) is 59.2 Å². The van der Waals surface area contributed by atoms with Crippen LogP contribution in [0.2, 0.25) is 0 Å². The molecule has 1 nitrogen and oxygen atoms in total. The predicted molar refractivity (Wildman–Crippen MR) is 64.7 cm³/mol. The molecule has 2 aliphatic rings. The second kappa shape index (κ2) is 3.17. The molecule has 1 aromatic rings. The predicted octanol–water partition coefficient (Wildman–Crippen LogP) is 2.42. The first-order chi connectivity index (χ1) is 7.40. The number of benzene rings is 1. The fourth-order valence-electron chi connectivity index (χ4n) is 2.02. The number of hydrogen-bond acceptors (Lipinski definition) is 1. The van der Waals surface area contributed by atoms with Crippen molar-refractivity contribution >= 4 is 27.8 Å². The molecule has 1 aromatic carbocycles. The van der Waals surface area contributed by atoms with E-state index in [0.717, 1.165) is 10.4 Å². The summed E-state index contributed by atoms with van der Waals surface area (Å²) >= 11 is 0.564. The summed E-state index contributed by atoms with van der Waals surface area (Å²) < 4.78 is 10.9. The summed E-state index contributed by atoms with van der Waals surface area (Å²) in [5, 5.41) is 0. The molecule has 3 rings (SSSR count). The number of allylic oxidation sites excluding steroid dienone is 5. The van der Waals surface area contributed by atoms with Crippen LogP contribution in [0, 0.1) is 0 Å². The molecule has 0 radical (unpaired) electrons. The van der Waals surface area contributed by atoms with E-state index >= 15 is 0 Å². The van der Waals surface area contributed by atoms with Gasteiger partial charge in [0.15, 0.2) is 0 Å². The molecular weight excluding hydrogens is 204 g/mol. The van der Waals surface area contributed by atoms with Crippen LogP contribution in [-0.2, 0) is 11.3 Å². The molecule has 0 spiro atoms. The first-order valence-corrected chi connectivity index (χ1v) is 5.51. The highest BCUT2D eigenvalue weighted by molar-refractivity contribution is 7.67. The topological polar surface area (TPSA) is 17.1 Å². The molecule has 0 heterocycles. The van der Waals surface area contributed by atoms with Gasteiger partial charge in [-0.1, -0.05) is 36.4 Å². The maximum Gasteiger partial charge on any atom is 0.0971 e. The monoisotopic (exact) mass is 212 g/mol. The van der Waals surface area contributed by atoms with E-state index in [4.69, 9.17) is 0 Å². The van der Waals surface area contributed by atoms with Gasteiger partial charge in [0, 0.05) is 5.57 Å². The summed E-state index contributed by atoms with van der Waals surface area (Å²) in [6.07, 6.45) is 7.97. The van der Waals surface area contributed by atoms with Crippen LogP contribution in [0.4, 0.5) is 0 Å². The lowest BCUT2D eigenvalue weighted by atomic mass is 9.97. The third-order valence-corrected chi connectivity index (χ3v) is 3.24. The average molecular weight is 212 g/mol. The fraction of sp³-hybridized carbons (Fsp3) is 0. The standard InChI is InChI=1S/C13H8OS/c14-15-13-7-3-6-11-10-5-2-1-4-9(10)8-12(11)13/h1-8H. The highest BCUT2D eigenvalue weighted by atomic mass is 32.1. The van der Waals surface area contributed by atoms with Crippen LogP contribution in [0.5, 0.6) is 0 Å². The minimum atomic E-state index is 0.564. The van der Waals surface area contributed by atoms with Gasteiger partial charge in [0.25, 0.3) is 0 Å². The summed E-state index contributed by atoms with van der Waals surface area (Å²) in [4.78, 5) is 0.809. The van der Waals surface area contributed by atoms with E-state index in [0.29, 0.717) is 11.3 Å². The van der Waals surface area contributed by atoms with Crippen LogP contribution in [0.15, 0.2) is 48.1 Å². The van der Waals surface area contributed by atoms with E-state index in [1.165, 1.54) is 16.7 Å². The summed E-state index contributed by atoms with van der Waals surface area (Å²) in [6.45, 7) is 0. The maximum absolute atomic E-state index is 10.9. The van der Waals surface area contributed by atoms with Crippen LogP contribution >= 0.6 is 0 Å². The van der Waals surface area contributed by atoms with Gasteiger partial charge in [0.05, 0.1) is 16.1 Å². The van der Waals surface area contributed by atoms with Gasteiger partial charge in [0.1, 0.15) is 0 Å². The van der Waals surface area contributed by atoms with Gasteiger partial charge in [0.2, 0.25) is 0 Å². The summed E-state index contributed by atoms with van der Waals surface area (Å²) in [5.41, 5.74) is 4.67. The number of fused-ring (bicyclic) bond motifs is 3. The SMILES string of the molecule is O=S=C1C=CC=C2C1=Cc1ccccc12. The molecule has 0 atom stereocenters. The summed E-state index contributed by atoms with van der Waals surface area (Å²) in [7, 11) is 0. The molecule has 0 aromatic heterocycles. The minimum absolute atomic E-state index is 0.564. The van der Waals surface area contributed by atoms with Gasteiger partial charge >= 0.3 is 0 Å². The molecule has 0 aliphatic heterocycles. The third kappa shape index (κ3) is 1.18. The van der Waals surface area contributed by atoms with E-state index in [9.17, 15) is 4.21 Å². The van der Waals surface area contributed by atoms with Gasteiger partial charge in [-0.3, -0.25) is 0 Å². The van der Waals surface area contributed by atoms with Crippen molar-refractivity contribution < 1.29 is 4.21 Å². The molecule has 0 amide bonds. The molecule has 15 heavy (non-hydrogen) atoms. The van der Waals surface area contributed by atoms with E-state index in [2.05, 4.69) is 24.3 Å². The Hall–Kier alpha value is -1.67. The molecule has 0 bridgehead atoms. The minimum Gasteiger partial charge on any atom is -0.212 e. The first kappa shape index (κ1) is 8.62. The normalized spacial score (nSPS) is 16.7. The fourth-order valence-corrected chi connectivity index (χ4v) is 2.42. The highest BCUT2D eigenvalue weighted by Gasteiger charge is 2.21. The van der Waals surface area contributed by atoms with Crippen LogP contribution in [-0.4, -0.2) is 9.07 Å². The van der Waals surface area contributed by atoms with Gasteiger partial charge < -0.3 is 0 Å². The molecule has 0 unspecified atom stereocenters. The van der Waals surface area contributed by atoms with Crippen LogP contribution in [0.3, 0.4) is 0 Å². The zero-order valence-corrected chi connectivity index (χ0v) is 8.75. The second-order valence-corrected chi connectivity index (χ2v) is 4.14. The molecular formula is C13H8OS. The van der Waals surface area contributed by atoms with Crippen molar-refractivity contribution in [2.24, 2.45) is 0 Å². The van der Waals surface area contributed by atoms with E-state index in [1.807, 2.05) is 24.3 Å². The first-order valence-electron chi connectivity index (χ1n) is 4.77. The lowest BCUT2D eigenvalue weighted by molar-refractivity contribution is 0.701. The van der Waals surface area contributed by atoms with Gasteiger partial charge in [-0.25, -0.2) is 4.21 Å². The van der Waals surface area contributed by atoms with Crippen molar-refractivity contribution in [1.82, 2.24) is 0 Å².